The number of methoxy groups -OCH3 is 1. The van der Waals surface area contributed by atoms with Crippen LogP contribution in [-0.2, 0) is 6.42 Å². The molecule has 4 rings (SSSR count). The second kappa shape index (κ2) is 7.44. The Labute approximate surface area is 161 Å². The van der Waals surface area contributed by atoms with Crippen LogP contribution in [0.3, 0.4) is 0 Å². The van der Waals surface area contributed by atoms with Crippen molar-refractivity contribution in [3.63, 3.8) is 0 Å². The van der Waals surface area contributed by atoms with E-state index >= 15 is 0 Å². The molecule has 0 radical (unpaired) electrons. The summed E-state index contributed by atoms with van der Waals surface area (Å²) in [6.07, 6.45) is 0.525. The third kappa shape index (κ3) is 3.53. The van der Waals surface area contributed by atoms with Gasteiger partial charge < -0.3 is 4.74 Å². The Bertz CT molecular complexity index is 1140. The third-order valence-corrected chi connectivity index (χ3v) is 4.52. The average molecular weight is 371 g/mol. The van der Waals surface area contributed by atoms with E-state index in [9.17, 15) is 10.1 Å². The van der Waals surface area contributed by atoms with Gasteiger partial charge in [0.1, 0.15) is 5.75 Å². The Balaban J connectivity index is 1.79. The molecule has 0 N–H and O–H groups in total. The van der Waals surface area contributed by atoms with Crippen LogP contribution in [0.15, 0.2) is 72.8 Å². The lowest BCUT2D eigenvalue weighted by Gasteiger charge is -2.11. The van der Waals surface area contributed by atoms with Gasteiger partial charge in [-0.05, 0) is 42.0 Å². The molecule has 0 aliphatic rings. The molecule has 0 saturated heterocycles. The molecular weight excluding hydrogens is 354 g/mol. The molecule has 0 bridgehead atoms. The molecular formula is C22H17N3O3. The molecule has 1 aromatic heterocycles. The largest absolute Gasteiger partial charge is 0.497 e. The first-order valence-corrected chi connectivity index (χ1v) is 8.77. The zero-order chi connectivity index (χ0) is 19.5. The molecule has 3 aromatic carbocycles. The molecule has 4 aromatic rings. The molecule has 0 amide bonds. The number of nitro benzene ring substituents is 1. The van der Waals surface area contributed by atoms with Crippen molar-refractivity contribution in [2.75, 3.05) is 7.11 Å². The molecule has 6 heteroatoms. The number of aromatic nitrogens is 2. The zero-order valence-corrected chi connectivity index (χ0v) is 15.2. The third-order valence-electron chi connectivity index (χ3n) is 4.52. The highest BCUT2D eigenvalue weighted by molar-refractivity contribution is 5.78. The van der Waals surface area contributed by atoms with Crippen molar-refractivity contribution < 1.29 is 9.66 Å². The van der Waals surface area contributed by atoms with Gasteiger partial charge in [0, 0.05) is 24.1 Å². The summed E-state index contributed by atoms with van der Waals surface area (Å²) in [6, 6.07) is 22.0. The standard InChI is InChI=1S/C22H17N3O3/c1-28-18-12-8-16(9-13-18)22-21(23-19-4-2-3-5-20(19)24-22)14-15-6-10-17(11-7-15)25(26)27/h2-13H,14H2,1H3. The SMILES string of the molecule is COc1ccc(-c2nc3ccccc3nc2Cc2ccc([N+](=O)[O-])cc2)cc1. The van der Waals surface area contributed by atoms with E-state index in [4.69, 9.17) is 14.7 Å². The fourth-order valence-electron chi connectivity index (χ4n) is 3.07. The van der Waals surface area contributed by atoms with E-state index in [0.29, 0.717) is 6.42 Å². The number of nitro groups is 1. The van der Waals surface area contributed by atoms with Crippen molar-refractivity contribution in [2.24, 2.45) is 0 Å². The Kier molecular flexibility index (Phi) is 4.68. The Morgan fingerprint density at radius 2 is 1.54 bits per heavy atom. The second-order valence-electron chi connectivity index (χ2n) is 6.34. The summed E-state index contributed by atoms with van der Waals surface area (Å²) in [5.74, 6) is 0.773. The van der Waals surface area contributed by atoms with Gasteiger partial charge in [-0.25, -0.2) is 9.97 Å². The molecule has 28 heavy (non-hydrogen) atoms. The maximum Gasteiger partial charge on any atom is 0.269 e. The predicted molar refractivity (Wildman–Crippen MR) is 107 cm³/mol. The number of para-hydroxylation sites is 2. The van der Waals surface area contributed by atoms with Crippen LogP contribution in [-0.4, -0.2) is 22.0 Å². The minimum Gasteiger partial charge on any atom is -0.497 e. The van der Waals surface area contributed by atoms with Crippen molar-refractivity contribution in [1.29, 1.82) is 0 Å². The molecule has 0 unspecified atom stereocenters. The molecule has 0 saturated carbocycles. The van der Waals surface area contributed by atoms with Crippen LogP contribution in [0.1, 0.15) is 11.3 Å². The first-order chi connectivity index (χ1) is 13.6. The van der Waals surface area contributed by atoms with Crippen LogP contribution in [0.2, 0.25) is 0 Å². The molecule has 1 heterocycles. The number of rotatable bonds is 5. The van der Waals surface area contributed by atoms with Crippen molar-refractivity contribution in [1.82, 2.24) is 9.97 Å². The van der Waals surface area contributed by atoms with Gasteiger partial charge in [0.2, 0.25) is 0 Å². The average Bonchev–Trinajstić information content (AvgIpc) is 2.74. The number of hydrogen-bond donors (Lipinski definition) is 0. The summed E-state index contributed by atoms with van der Waals surface area (Å²) in [7, 11) is 1.63. The van der Waals surface area contributed by atoms with Crippen LogP contribution < -0.4 is 4.74 Å². The minimum absolute atomic E-state index is 0.0729. The van der Waals surface area contributed by atoms with Crippen molar-refractivity contribution >= 4 is 16.7 Å². The van der Waals surface area contributed by atoms with Gasteiger partial charge in [-0.1, -0.05) is 24.3 Å². The molecule has 6 nitrogen and oxygen atoms in total. The second-order valence-corrected chi connectivity index (χ2v) is 6.34. The van der Waals surface area contributed by atoms with Crippen molar-refractivity contribution in [3.8, 4) is 17.0 Å². The van der Waals surface area contributed by atoms with E-state index in [1.807, 2.05) is 48.5 Å². The number of fused-ring (bicyclic) bond motifs is 1. The van der Waals surface area contributed by atoms with Crippen molar-refractivity contribution in [3.05, 3.63) is 94.2 Å². The topological polar surface area (TPSA) is 78.2 Å². The van der Waals surface area contributed by atoms with Crippen LogP contribution >= 0.6 is 0 Å². The van der Waals surface area contributed by atoms with Gasteiger partial charge in [-0.2, -0.15) is 0 Å². The number of nitrogens with zero attached hydrogens (tertiary/aromatic N) is 3. The summed E-state index contributed by atoms with van der Waals surface area (Å²) < 4.78 is 5.24. The van der Waals surface area contributed by atoms with Gasteiger partial charge >= 0.3 is 0 Å². The quantitative estimate of drug-likeness (QED) is 0.372. The first-order valence-electron chi connectivity index (χ1n) is 8.77. The fourth-order valence-corrected chi connectivity index (χ4v) is 3.07. The van der Waals surface area contributed by atoms with Crippen LogP contribution in [0, 0.1) is 10.1 Å². The van der Waals surface area contributed by atoms with Crippen LogP contribution in [0.5, 0.6) is 5.75 Å². The molecule has 0 aliphatic heterocycles. The maximum atomic E-state index is 10.9. The Morgan fingerprint density at radius 3 is 2.14 bits per heavy atom. The van der Waals surface area contributed by atoms with Gasteiger partial charge in [-0.15, -0.1) is 0 Å². The normalized spacial score (nSPS) is 10.8. The fraction of sp³-hybridized carbons (Fsp3) is 0.0909. The lowest BCUT2D eigenvalue weighted by molar-refractivity contribution is -0.384. The highest BCUT2D eigenvalue weighted by Crippen LogP contribution is 2.27. The van der Waals surface area contributed by atoms with E-state index < -0.39 is 4.92 Å². The van der Waals surface area contributed by atoms with E-state index in [-0.39, 0.29) is 5.69 Å². The zero-order valence-electron chi connectivity index (χ0n) is 15.2. The maximum absolute atomic E-state index is 10.9. The molecule has 138 valence electrons. The number of benzene rings is 3. The van der Waals surface area contributed by atoms with E-state index in [0.717, 1.165) is 39.3 Å². The van der Waals surface area contributed by atoms with E-state index in [2.05, 4.69) is 0 Å². The number of hydrogen-bond acceptors (Lipinski definition) is 5. The molecule has 0 aliphatic carbocycles. The van der Waals surface area contributed by atoms with E-state index in [1.165, 1.54) is 12.1 Å². The lowest BCUT2D eigenvalue weighted by atomic mass is 10.0. The Hall–Kier alpha value is -3.80. The Morgan fingerprint density at radius 1 is 0.893 bits per heavy atom. The monoisotopic (exact) mass is 371 g/mol. The van der Waals surface area contributed by atoms with Crippen molar-refractivity contribution in [2.45, 2.75) is 6.42 Å². The number of non-ortho nitro benzene ring substituents is 1. The minimum atomic E-state index is -0.400. The van der Waals surface area contributed by atoms with E-state index in [1.54, 1.807) is 19.2 Å². The summed E-state index contributed by atoms with van der Waals surface area (Å²) in [4.78, 5) is 20.1. The smallest absolute Gasteiger partial charge is 0.269 e. The van der Waals surface area contributed by atoms with Gasteiger partial charge in [0.25, 0.3) is 5.69 Å². The highest BCUT2D eigenvalue weighted by Gasteiger charge is 2.13. The molecule has 0 spiro atoms. The molecule has 0 atom stereocenters. The summed E-state index contributed by atoms with van der Waals surface area (Å²) in [5.41, 5.74) is 5.19. The predicted octanol–water partition coefficient (Wildman–Crippen LogP) is 4.80. The van der Waals surface area contributed by atoms with Crippen LogP contribution in [0.25, 0.3) is 22.3 Å². The van der Waals surface area contributed by atoms with Gasteiger partial charge in [0.05, 0.1) is 34.5 Å². The number of ether oxygens (including phenoxy) is 1. The highest BCUT2D eigenvalue weighted by atomic mass is 16.6. The summed E-state index contributed by atoms with van der Waals surface area (Å²) >= 11 is 0. The molecule has 0 fully saturated rings. The van der Waals surface area contributed by atoms with Crippen LogP contribution in [0.4, 0.5) is 5.69 Å². The summed E-state index contributed by atoms with van der Waals surface area (Å²) in [6.45, 7) is 0. The van der Waals surface area contributed by atoms with Gasteiger partial charge in [-0.3, -0.25) is 10.1 Å². The van der Waals surface area contributed by atoms with Gasteiger partial charge in [0.15, 0.2) is 0 Å². The summed E-state index contributed by atoms with van der Waals surface area (Å²) in [5, 5.41) is 10.9. The lowest BCUT2D eigenvalue weighted by Crippen LogP contribution is -2.00. The first kappa shape index (κ1) is 17.6.